The molecule has 0 unspecified atom stereocenters. The minimum absolute atomic E-state index is 0. The number of phosphoric acid groups is 3. The molecule has 0 saturated carbocycles. The van der Waals surface area contributed by atoms with Gasteiger partial charge in [0.2, 0.25) is 0 Å². The van der Waals surface area contributed by atoms with Crippen molar-refractivity contribution in [2.24, 2.45) is 17.2 Å². The van der Waals surface area contributed by atoms with E-state index in [-0.39, 0.29) is 74.2 Å². The van der Waals surface area contributed by atoms with Gasteiger partial charge in [-0.2, -0.15) is 0 Å². The van der Waals surface area contributed by atoms with Gasteiger partial charge < -0.3 is 73.8 Å². The van der Waals surface area contributed by atoms with Gasteiger partial charge in [-0.1, -0.05) is 0 Å². The molecule has 15 nitrogen and oxygen atoms in total. The van der Waals surface area contributed by atoms with Gasteiger partial charge in [0.25, 0.3) is 0 Å². The van der Waals surface area contributed by atoms with Crippen LogP contribution in [0.3, 0.4) is 0 Å². The van der Waals surface area contributed by atoms with Crippen LogP contribution in [-0.4, -0.2) is 39.5 Å². The molecule has 0 aliphatic heterocycles. The summed E-state index contributed by atoms with van der Waals surface area (Å²) >= 11 is 0. The van der Waals surface area contributed by atoms with Gasteiger partial charge in [-0.05, 0) is 0 Å². The molecule has 0 rings (SSSR count). The van der Waals surface area contributed by atoms with E-state index in [4.69, 9.17) is 17.2 Å². The second-order valence-electron chi connectivity index (χ2n) is 3.21. The third kappa shape index (κ3) is 56.2. The summed E-state index contributed by atoms with van der Waals surface area (Å²) in [6.45, 7) is -0.587. The maximum Gasteiger partial charge on any atom is 3.00 e. The molecule has 156 valence electrons. The Morgan fingerprint density at radius 1 is 0.538 bits per heavy atom. The van der Waals surface area contributed by atoms with Crippen LogP contribution in [0.2, 0.25) is 0 Å². The van der Waals surface area contributed by atoms with Crippen LogP contribution in [0.5, 0.6) is 0 Å². The molecule has 26 heavy (non-hydrogen) atoms. The summed E-state index contributed by atoms with van der Waals surface area (Å²) in [5, 5.41) is 0. The Labute approximate surface area is 171 Å². The molecular formula is C6H18Cr2N3O12P3. The molecule has 0 aromatic heterocycles. The molecule has 0 amide bonds. The molecule has 0 heterocycles. The second-order valence-corrected chi connectivity index (χ2v) is 6.67. The third-order valence-corrected chi connectivity index (χ3v) is 2.60. The van der Waals surface area contributed by atoms with Crippen molar-refractivity contribution in [2.45, 2.75) is 0 Å². The number of hydrogen-bond donors (Lipinski definition) is 3. The van der Waals surface area contributed by atoms with Crippen LogP contribution in [-0.2, 0) is 62.0 Å². The van der Waals surface area contributed by atoms with Crippen molar-refractivity contribution in [1.29, 1.82) is 0 Å². The van der Waals surface area contributed by atoms with Crippen molar-refractivity contribution in [2.75, 3.05) is 39.5 Å². The van der Waals surface area contributed by atoms with Crippen LogP contribution in [0.1, 0.15) is 0 Å². The average Bonchev–Trinajstić information content (AvgIpc) is 2.39. The Kier molecular flexibility index (Phi) is 30.6. The summed E-state index contributed by atoms with van der Waals surface area (Å²) in [5.74, 6) is 0. The summed E-state index contributed by atoms with van der Waals surface area (Å²) in [7, 11) is -14.3. The molecular weight excluding hydrogens is 503 g/mol. The van der Waals surface area contributed by atoms with Gasteiger partial charge in [0.05, 0.1) is 43.3 Å². The SMILES string of the molecule is NCCOP(=O)([O-])[O-].NCCOP(=O)([O-])[O-].NCCOP(=O)([O-])[O-].[Cr+3].[Cr+3]. The van der Waals surface area contributed by atoms with Crippen molar-refractivity contribution >= 4 is 23.5 Å². The first-order chi connectivity index (χ1) is 10.7. The van der Waals surface area contributed by atoms with E-state index in [2.05, 4.69) is 13.6 Å². The molecule has 20 heteroatoms. The van der Waals surface area contributed by atoms with E-state index in [0.29, 0.717) is 0 Å². The minimum atomic E-state index is -4.76. The molecule has 0 aliphatic rings. The summed E-state index contributed by atoms with van der Waals surface area (Å²) in [5.41, 5.74) is 14.4. The topological polar surface area (TPSA) is 295 Å². The van der Waals surface area contributed by atoms with E-state index >= 15 is 0 Å². The van der Waals surface area contributed by atoms with E-state index in [1.807, 2.05) is 0 Å². The van der Waals surface area contributed by atoms with Crippen LogP contribution in [0, 0.1) is 0 Å². The number of nitrogens with two attached hydrogens (primary N) is 3. The maximum atomic E-state index is 9.58. The van der Waals surface area contributed by atoms with Crippen LogP contribution in [0.15, 0.2) is 0 Å². The smallest absolute Gasteiger partial charge is 0.790 e. The van der Waals surface area contributed by atoms with Crippen molar-refractivity contribution in [3.05, 3.63) is 0 Å². The predicted octanol–water partition coefficient (Wildman–Crippen LogP) is -6.63. The fourth-order valence-corrected chi connectivity index (χ4v) is 1.48. The molecule has 6 N–H and O–H groups in total. The quantitative estimate of drug-likeness (QED) is 0.238. The first-order valence-corrected chi connectivity index (χ1v) is 10.2. The molecule has 0 aliphatic carbocycles. The summed E-state index contributed by atoms with van der Waals surface area (Å²) in [4.78, 5) is 57.5. The van der Waals surface area contributed by atoms with E-state index in [1.54, 1.807) is 0 Å². The molecule has 0 aromatic rings. The van der Waals surface area contributed by atoms with E-state index in [1.165, 1.54) is 0 Å². The molecule has 0 saturated heterocycles. The summed E-state index contributed by atoms with van der Waals surface area (Å²) in [6, 6.07) is 0. The van der Waals surface area contributed by atoms with Gasteiger partial charge in [0.1, 0.15) is 0 Å². The van der Waals surface area contributed by atoms with E-state index in [0.717, 1.165) is 0 Å². The van der Waals surface area contributed by atoms with Gasteiger partial charge >= 0.3 is 34.7 Å². The largest absolute Gasteiger partial charge is 3.00 e. The molecule has 0 spiro atoms. The average molecular weight is 521 g/mol. The zero-order valence-corrected chi connectivity index (χ0v) is 18.3. The van der Waals surface area contributed by atoms with Crippen LogP contribution >= 0.6 is 23.5 Å². The van der Waals surface area contributed by atoms with Gasteiger partial charge in [0.15, 0.2) is 0 Å². The number of rotatable bonds is 9. The summed E-state index contributed by atoms with van der Waals surface area (Å²) in [6.07, 6.45) is 0. The first kappa shape index (κ1) is 38.0. The Hall–Kier alpha value is 1.27. The monoisotopic (exact) mass is 521 g/mol. The van der Waals surface area contributed by atoms with E-state index < -0.39 is 23.5 Å². The first-order valence-electron chi connectivity index (χ1n) is 5.78. The van der Waals surface area contributed by atoms with Gasteiger partial charge in [0, 0.05) is 19.6 Å². The van der Waals surface area contributed by atoms with Gasteiger partial charge in [-0.3, -0.25) is 0 Å². The zero-order chi connectivity index (χ0) is 19.9. The Balaban J connectivity index is -0.0000000817. The fourth-order valence-electron chi connectivity index (χ4n) is 0.494. The molecule has 0 atom stereocenters. The molecule has 0 bridgehead atoms. The second kappa shape index (κ2) is 21.0. The Morgan fingerprint density at radius 2 is 0.692 bits per heavy atom. The fraction of sp³-hybridized carbons (Fsp3) is 1.00. The van der Waals surface area contributed by atoms with Gasteiger partial charge in [-0.15, -0.1) is 0 Å². The van der Waals surface area contributed by atoms with Crippen LogP contribution in [0.25, 0.3) is 0 Å². The Bertz CT molecular complexity index is 367. The van der Waals surface area contributed by atoms with Crippen molar-refractivity contribution in [3.63, 3.8) is 0 Å². The maximum absolute atomic E-state index is 9.58. The standard InChI is InChI=1S/3C2H8NO4P.2Cr/c3*3-1-2-7-8(4,5)6;;/h3*1-3H2,(H2,4,5,6);;/q;;;2*+3/p-6. The number of phosphoric ester groups is 3. The summed E-state index contributed by atoms with van der Waals surface area (Å²) < 4.78 is 39.8. The third-order valence-electron chi connectivity index (χ3n) is 1.10. The molecule has 0 fully saturated rings. The number of hydrogen-bond acceptors (Lipinski definition) is 15. The molecule has 2 radical (unpaired) electrons. The van der Waals surface area contributed by atoms with E-state index in [9.17, 15) is 43.1 Å². The Morgan fingerprint density at radius 3 is 0.731 bits per heavy atom. The van der Waals surface area contributed by atoms with Gasteiger partial charge in [-0.25, -0.2) is 0 Å². The van der Waals surface area contributed by atoms with Crippen molar-refractivity contribution in [1.82, 2.24) is 0 Å². The van der Waals surface area contributed by atoms with Crippen LogP contribution < -0.4 is 46.6 Å². The zero-order valence-electron chi connectivity index (χ0n) is 13.0. The van der Waals surface area contributed by atoms with Crippen molar-refractivity contribution < 1.29 is 91.3 Å². The normalized spacial score (nSPS) is 11.0. The van der Waals surface area contributed by atoms with Crippen molar-refractivity contribution in [3.8, 4) is 0 Å². The predicted molar refractivity (Wildman–Crippen MR) is 67.8 cm³/mol. The minimum Gasteiger partial charge on any atom is -0.790 e. The molecule has 0 aromatic carbocycles. The van der Waals surface area contributed by atoms with Crippen LogP contribution in [0.4, 0.5) is 0 Å².